The first kappa shape index (κ1) is 23.4. The molecule has 0 unspecified atom stereocenters. The zero-order valence-corrected chi connectivity index (χ0v) is 18.6. The van der Waals surface area contributed by atoms with Crippen molar-refractivity contribution >= 4 is 23.6 Å². The van der Waals surface area contributed by atoms with E-state index in [0.717, 1.165) is 5.56 Å². The van der Waals surface area contributed by atoms with E-state index in [9.17, 15) is 14.9 Å². The van der Waals surface area contributed by atoms with Crippen molar-refractivity contribution in [1.29, 1.82) is 5.26 Å². The number of amides is 1. The van der Waals surface area contributed by atoms with Gasteiger partial charge in [-0.25, -0.2) is 4.79 Å². The van der Waals surface area contributed by atoms with E-state index in [1.54, 1.807) is 67.6 Å². The lowest BCUT2D eigenvalue weighted by Crippen LogP contribution is -2.13. The van der Waals surface area contributed by atoms with E-state index in [0.29, 0.717) is 35.1 Å². The molecule has 1 aromatic heterocycles. The molecule has 1 heterocycles. The number of nitriles is 1. The Kier molecular flexibility index (Phi) is 7.66. The molecule has 2 aromatic carbocycles. The van der Waals surface area contributed by atoms with Gasteiger partial charge in [0, 0.05) is 23.4 Å². The monoisotopic (exact) mass is 444 g/mol. The number of nitrogens with one attached hydrogen (secondary N) is 1. The molecule has 0 bridgehead atoms. The van der Waals surface area contributed by atoms with Gasteiger partial charge in [0.1, 0.15) is 28.9 Å². The molecule has 0 radical (unpaired) electrons. The van der Waals surface area contributed by atoms with Crippen molar-refractivity contribution < 1.29 is 23.5 Å². The maximum atomic E-state index is 12.6. The average Bonchev–Trinajstić information content (AvgIpc) is 3.26. The average molecular weight is 444 g/mol. The third kappa shape index (κ3) is 6.34. The number of hydrogen-bond acceptors (Lipinski definition) is 6. The summed E-state index contributed by atoms with van der Waals surface area (Å²) in [4.78, 5) is 24.4. The number of furan rings is 1. The maximum Gasteiger partial charge on any atom is 0.338 e. The minimum absolute atomic E-state index is 0.0000283. The van der Waals surface area contributed by atoms with Gasteiger partial charge in [0.05, 0.1) is 18.3 Å². The van der Waals surface area contributed by atoms with Crippen molar-refractivity contribution in [3.8, 4) is 23.1 Å². The number of rotatable bonds is 8. The Morgan fingerprint density at radius 3 is 2.55 bits per heavy atom. The second-order valence-electron chi connectivity index (χ2n) is 7.32. The van der Waals surface area contributed by atoms with Crippen LogP contribution in [0.25, 0.3) is 17.4 Å². The summed E-state index contributed by atoms with van der Waals surface area (Å²) in [5.41, 5.74) is 1.59. The number of benzene rings is 2. The number of hydrogen-bond donors (Lipinski definition) is 1. The second kappa shape index (κ2) is 10.8. The van der Waals surface area contributed by atoms with Crippen molar-refractivity contribution in [2.45, 2.75) is 26.9 Å². The zero-order chi connectivity index (χ0) is 23.8. The molecule has 0 fully saturated rings. The van der Waals surface area contributed by atoms with Crippen LogP contribution in [0, 0.1) is 11.3 Å². The van der Waals surface area contributed by atoms with E-state index < -0.39 is 11.9 Å². The second-order valence-corrected chi connectivity index (χ2v) is 7.32. The summed E-state index contributed by atoms with van der Waals surface area (Å²) in [6.45, 7) is 5.88. The highest BCUT2D eigenvalue weighted by Crippen LogP contribution is 2.25. The summed E-state index contributed by atoms with van der Waals surface area (Å²) >= 11 is 0. The van der Waals surface area contributed by atoms with Gasteiger partial charge in [0.2, 0.25) is 0 Å². The van der Waals surface area contributed by atoms with Crippen LogP contribution in [0.2, 0.25) is 0 Å². The first-order chi connectivity index (χ1) is 15.9. The molecule has 7 heteroatoms. The topological polar surface area (TPSA) is 102 Å². The summed E-state index contributed by atoms with van der Waals surface area (Å²) in [6.07, 6.45) is 1.38. The number of esters is 1. The molecule has 1 N–H and O–H groups in total. The van der Waals surface area contributed by atoms with Crippen LogP contribution >= 0.6 is 0 Å². The Labute approximate surface area is 192 Å². The smallest absolute Gasteiger partial charge is 0.338 e. The predicted molar refractivity (Wildman–Crippen MR) is 125 cm³/mol. The molecule has 0 aliphatic heterocycles. The van der Waals surface area contributed by atoms with Crippen LogP contribution < -0.4 is 10.1 Å². The van der Waals surface area contributed by atoms with Crippen molar-refractivity contribution in [2.24, 2.45) is 0 Å². The van der Waals surface area contributed by atoms with Gasteiger partial charge >= 0.3 is 5.97 Å². The van der Waals surface area contributed by atoms with Crippen LogP contribution in [-0.2, 0) is 9.53 Å². The number of carbonyl (C=O) groups is 2. The molecule has 1 amide bonds. The molecule has 33 heavy (non-hydrogen) atoms. The fourth-order valence-electron chi connectivity index (χ4n) is 2.98. The van der Waals surface area contributed by atoms with Crippen LogP contribution in [0.15, 0.2) is 70.7 Å². The van der Waals surface area contributed by atoms with E-state index in [-0.39, 0.29) is 11.7 Å². The molecule has 168 valence electrons. The maximum absolute atomic E-state index is 12.6. The highest BCUT2D eigenvalue weighted by molar-refractivity contribution is 6.09. The van der Waals surface area contributed by atoms with E-state index >= 15 is 0 Å². The summed E-state index contributed by atoms with van der Waals surface area (Å²) in [7, 11) is 0. The fraction of sp³-hybridized carbons (Fsp3) is 0.192. The normalized spacial score (nSPS) is 11.1. The van der Waals surface area contributed by atoms with Crippen LogP contribution in [0.3, 0.4) is 0 Å². The lowest BCUT2D eigenvalue weighted by Gasteiger charge is -2.11. The summed E-state index contributed by atoms with van der Waals surface area (Å²) in [6, 6.07) is 19.0. The van der Waals surface area contributed by atoms with Crippen LogP contribution in [0.4, 0.5) is 5.69 Å². The molecule has 3 rings (SSSR count). The third-order valence-electron chi connectivity index (χ3n) is 4.42. The number of anilines is 1. The van der Waals surface area contributed by atoms with Crippen molar-refractivity contribution in [3.63, 3.8) is 0 Å². The van der Waals surface area contributed by atoms with E-state index in [1.807, 2.05) is 19.9 Å². The Balaban J connectivity index is 1.73. The van der Waals surface area contributed by atoms with Gasteiger partial charge in [-0.1, -0.05) is 18.2 Å². The Hall–Kier alpha value is -4.31. The minimum Gasteiger partial charge on any atom is -0.491 e. The van der Waals surface area contributed by atoms with Gasteiger partial charge in [0.15, 0.2) is 0 Å². The third-order valence-corrected chi connectivity index (χ3v) is 4.42. The standard InChI is InChI=1S/C26H24N2O5/c1-4-31-26(30)19-10-8-18(9-11-19)24-13-12-23(33-24)14-20(16-27)25(29)28-21-6-5-7-22(15-21)32-17(2)3/h5-15,17H,4H2,1-3H3,(H,28,29)/b20-14-. The number of nitrogens with zero attached hydrogens (tertiary/aromatic N) is 1. The Bertz CT molecular complexity index is 1200. The Morgan fingerprint density at radius 1 is 1.12 bits per heavy atom. The molecule has 0 aliphatic carbocycles. The van der Waals surface area contributed by atoms with Gasteiger partial charge in [-0.2, -0.15) is 5.26 Å². The van der Waals surface area contributed by atoms with Crippen molar-refractivity contribution in [2.75, 3.05) is 11.9 Å². The van der Waals surface area contributed by atoms with Crippen LogP contribution in [0.5, 0.6) is 5.75 Å². The molecule has 0 spiro atoms. The van der Waals surface area contributed by atoms with Gasteiger partial charge < -0.3 is 19.2 Å². The molecule has 0 saturated carbocycles. The first-order valence-corrected chi connectivity index (χ1v) is 10.5. The number of carbonyl (C=O) groups excluding carboxylic acids is 2. The zero-order valence-electron chi connectivity index (χ0n) is 18.6. The molecule has 0 aliphatic rings. The molecule has 3 aromatic rings. The van der Waals surface area contributed by atoms with Gasteiger partial charge in [-0.05, 0) is 57.2 Å². The molecule has 0 saturated heterocycles. The molecule has 7 nitrogen and oxygen atoms in total. The molecular formula is C26H24N2O5. The quantitative estimate of drug-likeness (QED) is 0.281. The molecule has 0 atom stereocenters. The van der Waals surface area contributed by atoms with Crippen LogP contribution in [-0.4, -0.2) is 24.6 Å². The van der Waals surface area contributed by atoms with Gasteiger partial charge in [-0.3, -0.25) is 4.79 Å². The van der Waals surface area contributed by atoms with Crippen LogP contribution in [0.1, 0.15) is 36.9 Å². The van der Waals surface area contributed by atoms with Crippen molar-refractivity contribution in [1.82, 2.24) is 0 Å². The summed E-state index contributed by atoms with van der Waals surface area (Å²) < 4.78 is 16.4. The summed E-state index contributed by atoms with van der Waals surface area (Å²) in [5.74, 6) is 0.555. The predicted octanol–water partition coefficient (Wildman–Crippen LogP) is 5.46. The van der Waals surface area contributed by atoms with E-state index in [2.05, 4.69) is 5.32 Å². The van der Waals surface area contributed by atoms with E-state index in [4.69, 9.17) is 13.9 Å². The number of ether oxygens (including phenoxy) is 2. The minimum atomic E-state index is -0.559. The molecular weight excluding hydrogens is 420 g/mol. The first-order valence-electron chi connectivity index (χ1n) is 10.5. The highest BCUT2D eigenvalue weighted by Gasteiger charge is 2.13. The van der Waals surface area contributed by atoms with Gasteiger partial charge in [0.25, 0.3) is 5.91 Å². The van der Waals surface area contributed by atoms with Gasteiger partial charge in [-0.15, -0.1) is 0 Å². The Morgan fingerprint density at radius 2 is 1.88 bits per heavy atom. The lowest BCUT2D eigenvalue weighted by atomic mass is 10.1. The largest absolute Gasteiger partial charge is 0.491 e. The SMILES string of the molecule is CCOC(=O)c1ccc(-c2ccc(/C=C(/C#N)C(=O)Nc3cccc(OC(C)C)c3)o2)cc1. The highest BCUT2D eigenvalue weighted by atomic mass is 16.5. The summed E-state index contributed by atoms with van der Waals surface area (Å²) in [5, 5.41) is 12.2. The fourth-order valence-corrected chi connectivity index (χ4v) is 2.98. The van der Waals surface area contributed by atoms with E-state index in [1.165, 1.54) is 6.08 Å². The van der Waals surface area contributed by atoms with Crippen molar-refractivity contribution in [3.05, 3.63) is 77.6 Å². The lowest BCUT2D eigenvalue weighted by molar-refractivity contribution is -0.112.